The largest absolute Gasteiger partial charge is 0.454 e. The topological polar surface area (TPSA) is 97.0 Å². The molecule has 1 fully saturated rings. The molecule has 0 bridgehead atoms. The molecular weight excluding hydrogens is 386 g/mol. The van der Waals surface area contributed by atoms with Crippen LogP contribution in [0.25, 0.3) is 0 Å². The summed E-state index contributed by atoms with van der Waals surface area (Å²) in [7, 11) is 0. The van der Waals surface area contributed by atoms with Crippen molar-refractivity contribution in [2.45, 2.75) is 18.9 Å². The summed E-state index contributed by atoms with van der Waals surface area (Å²) in [6.45, 7) is 1.51. The van der Waals surface area contributed by atoms with Gasteiger partial charge in [0.25, 0.3) is 5.91 Å². The Morgan fingerprint density at radius 1 is 1.00 bits per heavy atom. The maximum Gasteiger partial charge on any atom is 0.253 e. The number of amides is 2. The molecule has 2 N–H and O–H groups in total. The third-order valence-corrected chi connectivity index (χ3v) is 5.68. The van der Waals surface area contributed by atoms with Gasteiger partial charge in [-0.2, -0.15) is 0 Å². The standard InChI is InChI=1S/C22H21N3O5/c26-20-6-3-13-9-15(1-4-16(13)24-20)22(28)25-8-7-23-17(11-25)21(27)14-2-5-18-19(10-14)30-12-29-18/h1-2,4-5,9-10,17,23H,3,6-8,11-12H2,(H,24,26). The minimum Gasteiger partial charge on any atom is -0.454 e. The zero-order valence-electron chi connectivity index (χ0n) is 16.3. The predicted molar refractivity (Wildman–Crippen MR) is 108 cm³/mol. The number of rotatable bonds is 3. The van der Waals surface area contributed by atoms with Crippen LogP contribution in [-0.2, 0) is 11.2 Å². The quantitative estimate of drug-likeness (QED) is 0.751. The van der Waals surface area contributed by atoms with E-state index < -0.39 is 6.04 Å². The molecule has 154 valence electrons. The van der Waals surface area contributed by atoms with E-state index in [9.17, 15) is 14.4 Å². The molecule has 8 nitrogen and oxygen atoms in total. The molecule has 2 aromatic rings. The number of nitrogens with zero attached hydrogens (tertiary/aromatic N) is 1. The van der Waals surface area contributed by atoms with Gasteiger partial charge in [0.1, 0.15) is 0 Å². The molecule has 1 atom stereocenters. The zero-order valence-corrected chi connectivity index (χ0v) is 16.3. The molecule has 2 amide bonds. The summed E-state index contributed by atoms with van der Waals surface area (Å²) in [5.41, 5.74) is 2.82. The molecule has 0 aliphatic carbocycles. The van der Waals surface area contributed by atoms with Crippen molar-refractivity contribution in [3.8, 4) is 11.5 Å². The van der Waals surface area contributed by atoms with Crippen molar-refractivity contribution < 1.29 is 23.9 Å². The number of aryl methyl sites for hydroxylation is 1. The molecule has 3 aliphatic rings. The normalized spacial score (nSPS) is 19.8. The van der Waals surface area contributed by atoms with Crippen LogP contribution >= 0.6 is 0 Å². The lowest BCUT2D eigenvalue weighted by Gasteiger charge is -2.33. The molecule has 30 heavy (non-hydrogen) atoms. The van der Waals surface area contributed by atoms with Crippen LogP contribution in [0.4, 0.5) is 5.69 Å². The molecule has 0 saturated carbocycles. The number of ether oxygens (including phenoxy) is 2. The maximum absolute atomic E-state index is 13.1. The highest BCUT2D eigenvalue weighted by molar-refractivity contribution is 6.02. The lowest BCUT2D eigenvalue weighted by molar-refractivity contribution is -0.116. The molecule has 1 unspecified atom stereocenters. The van der Waals surface area contributed by atoms with Crippen molar-refractivity contribution >= 4 is 23.3 Å². The van der Waals surface area contributed by atoms with E-state index in [2.05, 4.69) is 10.6 Å². The molecule has 5 rings (SSSR count). The predicted octanol–water partition coefficient (Wildman–Crippen LogP) is 1.60. The smallest absolute Gasteiger partial charge is 0.253 e. The van der Waals surface area contributed by atoms with E-state index in [4.69, 9.17) is 9.47 Å². The molecule has 0 radical (unpaired) electrons. The molecule has 2 aromatic carbocycles. The van der Waals surface area contributed by atoms with E-state index in [1.807, 2.05) is 6.07 Å². The van der Waals surface area contributed by atoms with Crippen LogP contribution in [0, 0.1) is 0 Å². The fourth-order valence-corrected chi connectivity index (χ4v) is 4.06. The average Bonchev–Trinajstić information content (AvgIpc) is 3.25. The monoisotopic (exact) mass is 407 g/mol. The van der Waals surface area contributed by atoms with Crippen LogP contribution in [0.1, 0.15) is 32.7 Å². The number of fused-ring (bicyclic) bond motifs is 2. The van der Waals surface area contributed by atoms with Crippen LogP contribution < -0.4 is 20.1 Å². The Morgan fingerprint density at radius 2 is 1.83 bits per heavy atom. The fourth-order valence-electron chi connectivity index (χ4n) is 4.06. The minimum absolute atomic E-state index is 0.00597. The van der Waals surface area contributed by atoms with Gasteiger partial charge in [0.15, 0.2) is 17.3 Å². The number of ketones is 1. The summed E-state index contributed by atoms with van der Waals surface area (Å²) in [6, 6.07) is 9.99. The molecule has 1 saturated heterocycles. The van der Waals surface area contributed by atoms with Gasteiger partial charge >= 0.3 is 0 Å². The number of hydrogen-bond acceptors (Lipinski definition) is 6. The highest BCUT2D eigenvalue weighted by atomic mass is 16.7. The number of hydrogen-bond donors (Lipinski definition) is 2. The van der Waals surface area contributed by atoms with Gasteiger partial charge in [-0.25, -0.2) is 0 Å². The first-order valence-corrected chi connectivity index (χ1v) is 9.98. The van der Waals surface area contributed by atoms with Gasteiger partial charge in [-0.15, -0.1) is 0 Å². The van der Waals surface area contributed by atoms with Crippen molar-refractivity contribution in [2.75, 3.05) is 31.7 Å². The van der Waals surface area contributed by atoms with Crippen LogP contribution in [0.2, 0.25) is 0 Å². The molecule has 8 heteroatoms. The summed E-state index contributed by atoms with van der Waals surface area (Å²) in [4.78, 5) is 39.3. The van der Waals surface area contributed by atoms with E-state index in [1.165, 1.54) is 0 Å². The third kappa shape index (κ3) is 3.39. The fraction of sp³-hybridized carbons (Fsp3) is 0.318. The van der Waals surface area contributed by atoms with Gasteiger partial charge in [0.2, 0.25) is 12.7 Å². The molecular formula is C22H21N3O5. The van der Waals surface area contributed by atoms with E-state index in [0.29, 0.717) is 55.1 Å². The van der Waals surface area contributed by atoms with Gasteiger partial charge in [-0.3, -0.25) is 14.4 Å². The number of piperazine rings is 1. The van der Waals surface area contributed by atoms with Crippen molar-refractivity contribution in [3.05, 3.63) is 53.1 Å². The number of benzene rings is 2. The number of anilines is 1. The van der Waals surface area contributed by atoms with E-state index >= 15 is 0 Å². The van der Waals surface area contributed by atoms with Gasteiger partial charge in [-0.1, -0.05) is 0 Å². The number of Topliss-reactive ketones (excluding diaryl/α,β-unsaturated/α-hetero) is 1. The second-order valence-electron chi connectivity index (χ2n) is 7.61. The third-order valence-electron chi connectivity index (χ3n) is 5.68. The highest BCUT2D eigenvalue weighted by Crippen LogP contribution is 2.33. The zero-order chi connectivity index (χ0) is 20.7. The van der Waals surface area contributed by atoms with Crippen LogP contribution in [0.15, 0.2) is 36.4 Å². The Balaban J connectivity index is 1.31. The summed E-state index contributed by atoms with van der Waals surface area (Å²) < 4.78 is 10.7. The lowest BCUT2D eigenvalue weighted by Crippen LogP contribution is -2.55. The summed E-state index contributed by atoms with van der Waals surface area (Å²) >= 11 is 0. The Bertz CT molecular complexity index is 1050. The summed E-state index contributed by atoms with van der Waals surface area (Å²) in [5.74, 6) is 0.987. The van der Waals surface area contributed by atoms with Crippen molar-refractivity contribution in [2.24, 2.45) is 0 Å². The van der Waals surface area contributed by atoms with E-state index in [-0.39, 0.29) is 24.4 Å². The molecule has 0 aromatic heterocycles. The van der Waals surface area contributed by atoms with Gasteiger partial charge < -0.3 is 25.0 Å². The highest BCUT2D eigenvalue weighted by Gasteiger charge is 2.30. The van der Waals surface area contributed by atoms with Crippen molar-refractivity contribution in [3.63, 3.8) is 0 Å². The second kappa shape index (κ2) is 7.46. The Kier molecular flexibility index (Phi) is 4.63. The second-order valence-corrected chi connectivity index (χ2v) is 7.61. The lowest BCUT2D eigenvalue weighted by atomic mass is 9.98. The number of carbonyl (C=O) groups is 3. The average molecular weight is 407 g/mol. The summed E-state index contributed by atoms with van der Waals surface area (Å²) in [6.07, 6.45) is 1.04. The van der Waals surface area contributed by atoms with Crippen LogP contribution in [0.5, 0.6) is 11.5 Å². The minimum atomic E-state index is -0.486. The van der Waals surface area contributed by atoms with Crippen LogP contribution in [-0.4, -0.2) is 55.0 Å². The molecule has 0 spiro atoms. The first kappa shape index (κ1) is 18.6. The SMILES string of the molecule is O=C1CCc2cc(C(=O)N3CCNC(C(=O)c4ccc5c(c4)OCO5)C3)ccc2N1. The Labute approximate surface area is 173 Å². The number of nitrogens with one attached hydrogen (secondary N) is 2. The molecule has 3 heterocycles. The van der Waals surface area contributed by atoms with Gasteiger partial charge in [0, 0.05) is 42.9 Å². The summed E-state index contributed by atoms with van der Waals surface area (Å²) in [5, 5.41) is 6.04. The van der Waals surface area contributed by atoms with Crippen molar-refractivity contribution in [1.29, 1.82) is 0 Å². The van der Waals surface area contributed by atoms with Gasteiger partial charge in [-0.05, 0) is 48.4 Å². The molecule has 3 aliphatic heterocycles. The first-order valence-electron chi connectivity index (χ1n) is 9.98. The first-order chi connectivity index (χ1) is 14.6. The Hall–Kier alpha value is -3.39. The van der Waals surface area contributed by atoms with Crippen LogP contribution in [0.3, 0.4) is 0 Å². The van der Waals surface area contributed by atoms with Crippen molar-refractivity contribution in [1.82, 2.24) is 10.2 Å². The van der Waals surface area contributed by atoms with Gasteiger partial charge in [0.05, 0.1) is 6.04 Å². The number of carbonyl (C=O) groups excluding carboxylic acids is 3. The Morgan fingerprint density at radius 3 is 2.73 bits per heavy atom. The van der Waals surface area contributed by atoms with E-state index in [0.717, 1.165) is 11.3 Å². The van der Waals surface area contributed by atoms with E-state index in [1.54, 1.807) is 35.2 Å². The maximum atomic E-state index is 13.1.